The molecule has 0 radical (unpaired) electrons. The third-order valence-electron chi connectivity index (χ3n) is 3.44. The first kappa shape index (κ1) is 15.8. The van der Waals surface area contributed by atoms with Gasteiger partial charge in [-0.05, 0) is 43.7 Å². The van der Waals surface area contributed by atoms with Crippen molar-refractivity contribution in [2.75, 3.05) is 18.0 Å². The van der Waals surface area contributed by atoms with E-state index in [1.54, 1.807) is 18.3 Å². The van der Waals surface area contributed by atoms with E-state index in [1.165, 1.54) is 5.69 Å². The number of carbonyl (C=O) groups is 1. The highest BCUT2D eigenvalue weighted by atomic mass is 16.2. The summed E-state index contributed by atoms with van der Waals surface area (Å²) in [6.07, 6.45) is 1.65. The van der Waals surface area contributed by atoms with Crippen molar-refractivity contribution in [2.45, 2.75) is 13.8 Å². The topological polar surface area (TPSA) is 44.7 Å². The Bertz CT molecular complexity index is 617. The lowest BCUT2D eigenvalue weighted by molar-refractivity contribution is 0.0955. The lowest BCUT2D eigenvalue weighted by Crippen LogP contribution is -2.21. The summed E-state index contributed by atoms with van der Waals surface area (Å²) in [7, 11) is 0. The van der Waals surface area contributed by atoms with Crippen molar-refractivity contribution >= 4 is 17.8 Å². The summed E-state index contributed by atoms with van der Waals surface area (Å²) < 4.78 is 0. The zero-order valence-electron chi connectivity index (χ0n) is 13.0. The van der Waals surface area contributed by atoms with E-state index < -0.39 is 0 Å². The number of carbonyl (C=O) groups excluding carboxylic acids is 1. The van der Waals surface area contributed by atoms with Gasteiger partial charge in [-0.2, -0.15) is 5.10 Å². The first-order chi connectivity index (χ1) is 10.7. The number of benzene rings is 2. The number of anilines is 1. The van der Waals surface area contributed by atoms with Gasteiger partial charge in [0.15, 0.2) is 0 Å². The average Bonchev–Trinajstić information content (AvgIpc) is 2.58. The van der Waals surface area contributed by atoms with Gasteiger partial charge in [-0.15, -0.1) is 0 Å². The van der Waals surface area contributed by atoms with Gasteiger partial charge in [0.1, 0.15) is 0 Å². The van der Waals surface area contributed by atoms with E-state index in [1.807, 2.05) is 30.3 Å². The number of hydrogen-bond acceptors (Lipinski definition) is 3. The molecule has 0 aliphatic heterocycles. The minimum Gasteiger partial charge on any atom is -0.372 e. The number of nitrogens with zero attached hydrogens (tertiary/aromatic N) is 2. The van der Waals surface area contributed by atoms with E-state index in [4.69, 9.17) is 0 Å². The molecule has 4 nitrogen and oxygen atoms in total. The highest BCUT2D eigenvalue weighted by Gasteiger charge is 2.02. The standard InChI is InChI=1S/C18H21N3O/c1-3-21(4-2)17-12-10-15(11-13-17)14-19-20-18(22)16-8-6-5-7-9-16/h5-14H,3-4H2,1-2H3,(H,20,22). The Kier molecular flexibility index (Phi) is 5.72. The van der Waals surface area contributed by atoms with Crippen LogP contribution < -0.4 is 10.3 Å². The number of nitrogens with one attached hydrogen (secondary N) is 1. The fourth-order valence-electron chi connectivity index (χ4n) is 2.18. The smallest absolute Gasteiger partial charge is 0.271 e. The van der Waals surface area contributed by atoms with Gasteiger partial charge in [-0.1, -0.05) is 30.3 Å². The predicted octanol–water partition coefficient (Wildman–Crippen LogP) is 3.30. The Hall–Kier alpha value is -2.62. The Morgan fingerprint density at radius 2 is 1.68 bits per heavy atom. The Morgan fingerprint density at radius 3 is 2.27 bits per heavy atom. The Morgan fingerprint density at radius 1 is 1.05 bits per heavy atom. The molecule has 0 atom stereocenters. The largest absolute Gasteiger partial charge is 0.372 e. The number of hydrazone groups is 1. The number of hydrogen-bond donors (Lipinski definition) is 1. The molecule has 4 heteroatoms. The second-order valence-corrected chi connectivity index (χ2v) is 4.83. The second-order valence-electron chi connectivity index (χ2n) is 4.83. The molecule has 0 aliphatic rings. The zero-order valence-corrected chi connectivity index (χ0v) is 13.0. The van der Waals surface area contributed by atoms with E-state index in [-0.39, 0.29) is 5.91 Å². The summed E-state index contributed by atoms with van der Waals surface area (Å²) in [5.41, 5.74) is 5.26. The van der Waals surface area contributed by atoms with Gasteiger partial charge in [-0.25, -0.2) is 5.43 Å². The van der Waals surface area contributed by atoms with E-state index >= 15 is 0 Å². The highest BCUT2D eigenvalue weighted by molar-refractivity contribution is 5.94. The molecule has 0 spiro atoms. The first-order valence-electron chi connectivity index (χ1n) is 7.48. The molecular formula is C18H21N3O. The van der Waals surface area contributed by atoms with Crippen LogP contribution in [0.25, 0.3) is 0 Å². The molecule has 2 aromatic carbocycles. The lowest BCUT2D eigenvalue weighted by Gasteiger charge is -2.20. The molecule has 22 heavy (non-hydrogen) atoms. The maximum absolute atomic E-state index is 11.8. The molecule has 0 aromatic heterocycles. The number of amides is 1. The van der Waals surface area contributed by atoms with Crippen molar-refractivity contribution in [1.82, 2.24) is 5.43 Å². The Balaban J connectivity index is 1.95. The van der Waals surface area contributed by atoms with Crippen LogP contribution in [0.15, 0.2) is 59.7 Å². The lowest BCUT2D eigenvalue weighted by atomic mass is 10.2. The van der Waals surface area contributed by atoms with Gasteiger partial charge in [0.2, 0.25) is 0 Å². The van der Waals surface area contributed by atoms with Gasteiger partial charge in [0.25, 0.3) is 5.91 Å². The summed E-state index contributed by atoms with van der Waals surface area (Å²) in [5, 5.41) is 3.99. The van der Waals surface area contributed by atoms with E-state index in [0.29, 0.717) is 5.56 Å². The normalized spacial score (nSPS) is 10.6. The average molecular weight is 295 g/mol. The van der Waals surface area contributed by atoms with Gasteiger partial charge < -0.3 is 4.90 Å². The molecule has 1 amide bonds. The van der Waals surface area contributed by atoms with Crippen molar-refractivity contribution in [1.29, 1.82) is 0 Å². The molecule has 0 saturated carbocycles. The van der Waals surface area contributed by atoms with Crippen molar-refractivity contribution in [3.05, 3.63) is 65.7 Å². The van der Waals surface area contributed by atoms with Gasteiger partial charge >= 0.3 is 0 Å². The molecule has 0 bridgehead atoms. The Labute approximate surface area is 131 Å². The highest BCUT2D eigenvalue weighted by Crippen LogP contribution is 2.13. The van der Waals surface area contributed by atoms with Crippen LogP contribution in [0, 0.1) is 0 Å². The van der Waals surface area contributed by atoms with Crippen LogP contribution in [0.4, 0.5) is 5.69 Å². The maximum atomic E-state index is 11.8. The van der Waals surface area contributed by atoms with Crippen LogP contribution in [-0.2, 0) is 0 Å². The number of rotatable bonds is 6. The van der Waals surface area contributed by atoms with Crippen LogP contribution in [0.2, 0.25) is 0 Å². The van der Waals surface area contributed by atoms with Gasteiger partial charge in [0.05, 0.1) is 6.21 Å². The molecule has 2 aromatic rings. The summed E-state index contributed by atoms with van der Waals surface area (Å²) in [4.78, 5) is 14.1. The SMILES string of the molecule is CCN(CC)c1ccc(C=NNC(=O)c2ccccc2)cc1. The minimum atomic E-state index is -0.211. The molecular weight excluding hydrogens is 274 g/mol. The molecule has 114 valence electrons. The molecule has 0 saturated heterocycles. The van der Waals surface area contributed by atoms with E-state index in [2.05, 4.69) is 41.4 Å². The fourth-order valence-corrected chi connectivity index (χ4v) is 2.18. The summed E-state index contributed by atoms with van der Waals surface area (Å²) in [6, 6.07) is 17.1. The fraction of sp³-hybridized carbons (Fsp3) is 0.222. The predicted molar refractivity (Wildman–Crippen MR) is 91.5 cm³/mol. The van der Waals surface area contributed by atoms with Crippen LogP contribution in [0.1, 0.15) is 29.8 Å². The van der Waals surface area contributed by atoms with Crippen molar-refractivity contribution in [3.63, 3.8) is 0 Å². The van der Waals surface area contributed by atoms with E-state index in [9.17, 15) is 4.79 Å². The molecule has 2 rings (SSSR count). The summed E-state index contributed by atoms with van der Waals surface area (Å²) >= 11 is 0. The molecule has 0 heterocycles. The molecule has 0 fully saturated rings. The maximum Gasteiger partial charge on any atom is 0.271 e. The second kappa shape index (κ2) is 7.98. The van der Waals surface area contributed by atoms with Gasteiger partial charge in [-0.3, -0.25) is 4.79 Å². The summed E-state index contributed by atoms with van der Waals surface area (Å²) in [5.74, 6) is -0.211. The van der Waals surface area contributed by atoms with Crippen molar-refractivity contribution < 1.29 is 4.79 Å². The quantitative estimate of drug-likeness (QED) is 0.656. The third kappa shape index (κ3) is 4.19. The summed E-state index contributed by atoms with van der Waals surface area (Å²) in [6.45, 7) is 6.24. The van der Waals surface area contributed by atoms with Crippen molar-refractivity contribution in [3.8, 4) is 0 Å². The molecule has 0 unspecified atom stereocenters. The minimum absolute atomic E-state index is 0.211. The van der Waals surface area contributed by atoms with E-state index in [0.717, 1.165) is 18.7 Å². The monoisotopic (exact) mass is 295 g/mol. The van der Waals surface area contributed by atoms with Crippen LogP contribution in [0.3, 0.4) is 0 Å². The molecule has 0 aliphatic carbocycles. The van der Waals surface area contributed by atoms with Crippen LogP contribution in [-0.4, -0.2) is 25.2 Å². The molecule has 1 N–H and O–H groups in total. The zero-order chi connectivity index (χ0) is 15.8. The third-order valence-corrected chi connectivity index (χ3v) is 3.44. The van der Waals surface area contributed by atoms with Crippen LogP contribution in [0.5, 0.6) is 0 Å². The first-order valence-corrected chi connectivity index (χ1v) is 7.48. The van der Waals surface area contributed by atoms with Crippen LogP contribution >= 0.6 is 0 Å². The van der Waals surface area contributed by atoms with Crippen molar-refractivity contribution in [2.24, 2.45) is 5.10 Å². The van der Waals surface area contributed by atoms with Gasteiger partial charge in [0, 0.05) is 24.3 Å².